The third kappa shape index (κ3) is 6.65. The molecule has 118 valence electrons. The molecule has 0 radical (unpaired) electrons. The zero-order valence-electron chi connectivity index (χ0n) is 12.5. The normalized spacial score (nSPS) is 20.9. The number of hydrogen-bond donors (Lipinski definition) is 1. The predicted molar refractivity (Wildman–Crippen MR) is 74.9 cm³/mol. The Morgan fingerprint density at radius 1 is 1.45 bits per heavy atom. The van der Waals surface area contributed by atoms with Crippen LogP contribution in [0.5, 0.6) is 0 Å². The maximum absolute atomic E-state index is 11.8. The van der Waals surface area contributed by atoms with Gasteiger partial charge in [-0.2, -0.15) is 4.31 Å². The number of hydrogen-bond acceptors (Lipinski definition) is 6. The second-order valence-electron chi connectivity index (χ2n) is 5.84. The molecule has 1 saturated heterocycles. The van der Waals surface area contributed by atoms with E-state index in [0.717, 1.165) is 17.1 Å². The van der Waals surface area contributed by atoms with Crippen LogP contribution in [0.1, 0.15) is 20.8 Å². The van der Waals surface area contributed by atoms with Gasteiger partial charge in [-0.25, -0.2) is 8.42 Å². The molecule has 0 bridgehead atoms. The second-order valence-corrected chi connectivity index (χ2v) is 7.82. The van der Waals surface area contributed by atoms with Gasteiger partial charge in [-0.05, 0) is 20.8 Å². The van der Waals surface area contributed by atoms with Crippen molar-refractivity contribution in [1.29, 1.82) is 0 Å². The summed E-state index contributed by atoms with van der Waals surface area (Å²) in [6.07, 6.45) is 0.828. The van der Waals surface area contributed by atoms with E-state index < -0.39 is 21.6 Å². The molecule has 1 atom stereocenters. The molecule has 0 amide bonds. The molecule has 0 saturated carbocycles. The summed E-state index contributed by atoms with van der Waals surface area (Å²) in [5.41, 5.74) is -0.636. The lowest BCUT2D eigenvalue weighted by Crippen LogP contribution is -2.48. The molecule has 0 aromatic rings. The number of nitrogens with one attached hydrogen (secondary N) is 1. The third-order valence-corrected chi connectivity index (χ3v) is 3.82. The molecule has 0 aromatic carbocycles. The van der Waals surface area contributed by atoms with Crippen LogP contribution in [0.3, 0.4) is 0 Å². The lowest BCUT2D eigenvalue weighted by molar-refractivity contribution is -0.155. The smallest absolute Gasteiger partial charge is 0.321 e. The number of ether oxygens (including phenoxy) is 2. The van der Waals surface area contributed by atoms with Crippen molar-refractivity contribution in [2.75, 3.05) is 39.0 Å². The van der Waals surface area contributed by atoms with Crippen LogP contribution in [0.15, 0.2) is 0 Å². The van der Waals surface area contributed by atoms with Crippen molar-refractivity contribution in [3.63, 3.8) is 0 Å². The summed E-state index contributed by atoms with van der Waals surface area (Å²) in [4.78, 5) is 11.8. The van der Waals surface area contributed by atoms with Gasteiger partial charge in [0.1, 0.15) is 12.1 Å². The van der Waals surface area contributed by atoms with Gasteiger partial charge in [-0.15, -0.1) is 0 Å². The first-order chi connectivity index (χ1) is 9.08. The molecule has 1 heterocycles. The summed E-state index contributed by atoms with van der Waals surface area (Å²) in [7, 11) is -3.49. The van der Waals surface area contributed by atoms with Crippen LogP contribution < -0.4 is 5.32 Å². The average molecular weight is 308 g/mol. The van der Waals surface area contributed by atoms with E-state index in [1.54, 1.807) is 20.8 Å². The van der Waals surface area contributed by atoms with Crippen molar-refractivity contribution >= 4 is 16.0 Å². The molecular formula is C12H24N2O5S. The minimum atomic E-state index is -3.49. The lowest BCUT2D eigenvalue weighted by atomic mass is 10.2. The summed E-state index contributed by atoms with van der Waals surface area (Å²) < 4.78 is 35.2. The molecule has 0 aliphatic carbocycles. The maximum Gasteiger partial charge on any atom is 0.321 e. The molecule has 1 unspecified atom stereocenters. The molecule has 1 N–H and O–H groups in total. The van der Waals surface area contributed by atoms with Gasteiger partial charge in [0.2, 0.25) is 10.0 Å². The molecule has 1 fully saturated rings. The number of nitrogens with zero attached hydrogens (tertiary/aromatic N) is 1. The monoisotopic (exact) mass is 308 g/mol. The fraction of sp³-hybridized carbons (Fsp3) is 0.917. The molecule has 0 aromatic heterocycles. The van der Waals surface area contributed by atoms with Crippen LogP contribution >= 0.6 is 0 Å². The Morgan fingerprint density at radius 2 is 2.10 bits per heavy atom. The number of sulfonamides is 1. The van der Waals surface area contributed by atoms with E-state index >= 15 is 0 Å². The minimum Gasteiger partial charge on any atom is -0.459 e. The van der Waals surface area contributed by atoms with Crippen LogP contribution in [0.2, 0.25) is 0 Å². The summed E-state index contributed by atoms with van der Waals surface area (Å²) in [6.45, 7) is 6.93. The van der Waals surface area contributed by atoms with Gasteiger partial charge in [0.15, 0.2) is 0 Å². The van der Waals surface area contributed by atoms with Crippen LogP contribution in [0.4, 0.5) is 0 Å². The van der Waals surface area contributed by atoms with Gasteiger partial charge in [0, 0.05) is 19.6 Å². The summed E-state index contributed by atoms with van der Waals surface area (Å²) in [5.74, 6) is -0.563. The molecule has 0 spiro atoms. The van der Waals surface area contributed by atoms with Crippen LogP contribution in [0, 0.1) is 0 Å². The first-order valence-corrected chi connectivity index (χ1v) is 8.42. The fourth-order valence-corrected chi connectivity index (χ4v) is 2.58. The number of carbonyl (C=O) groups excluding carboxylic acids is 1. The zero-order chi connectivity index (χ0) is 15.4. The number of rotatable bonds is 5. The standard InChI is InChI=1S/C12H24N2O5S/c1-12(2,3)19-11(15)9-14(20(4,16)17)8-10-7-13-5-6-18-10/h10,13H,5-9H2,1-4H3. The highest BCUT2D eigenvalue weighted by atomic mass is 32.2. The van der Waals surface area contributed by atoms with Crippen molar-refractivity contribution in [1.82, 2.24) is 9.62 Å². The topological polar surface area (TPSA) is 84.9 Å². The third-order valence-electron chi connectivity index (χ3n) is 2.61. The SMILES string of the molecule is CC(C)(C)OC(=O)CN(CC1CNCCO1)S(C)(=O)=O. The first kappa shape index (κ1) is 17.4. The van der Waals surface area contributed by atoms with E-state index in [0.29, 0.717) is 13.2 Å². The molecule has 1 rings (SSSR count). The Kier molecular flexibility index (Phi) is 5.93. The molecule has 7 nitrogen and oxygen atoms in total. The van der Waals surface area contributed by atoms with Gasteiger partial charge >= 0.3 is 5.97 Å². The van der Waals surface area contributed by atoms with Crippen molar-refractivity contribution in [2.24, 2.45) is 0 Å². The van der Waals surface area contributed by atoms with Gasteiger partial charge in [0.05, 0.1) is 19.0 Å². The zero-order valence-corrected chi connectivity index (χ0v) is 13.3. The fourth-order valence-electron chi connectivity index (χ4n) is 1.80. The number of carbonyl (C=O) groups is 1. The van der Waals surface area contributed by atoms with Gasteiger partial charge in [-0.3, -0.25) is 4.79 Å². The van der Waals surface area contributed by atoms with Crippen LogP contribution in [-0.2, 0) is 24.3 Å². The van der Waals surface area contributed by atoms with E-state index in [2.05, 4.69) is 5.32 Å². The quantitative estimate of drug-likeness (QED) is 0.694. The highest BCUT2D eigenvalue weighted by Crippen LogP contribution is 2.10. The van der Waals surface area contributed by atoms with Crippen molar-refractivity contribution in [3.8, 4) is 0 Å². The van der Waals surface area contributed by atoms with E-state index in [9.17, 15) is 13.2 Å². The summed E-state index contributed by atoms with van der Waals surface area (Å²) in [6, 6.07) is 0. The Morgan fingerprint density at radius 3 is 2.55 bits per heavy atom. The highest BCUT2D eigenvalue weighted by molar-refractivity contribution is 7.88. The predicted octanol–water partition coefficient (Wildman–Crippen LogP) is -0.422. The van der Waals surface area contributed by atoms with E-state index in [1.807, 2.05) is 0 Å². The average Bonchev–Trinajstić information content (AvgIpc) is 2.25. The molecule has 20 heavy (non-hydrogen) atoms. The highest BCUT2D eigenvalue weighted by Gasteiger charge is 2.27. The Bertz CT molecular complexity index is 424. The summed E-state index contributed by atoms with van der Waals surface area (Å²) >= 11 is 0. The Balaban J connectivity index is 2.63. The molecule has 1 aliphatic rings. The number of esters is 1. The largest absolute Gasteiger partial charge is 0.459 e. The van der Waals surface area contributed by atoms with Gasteiger partial charge in [-0.1, -0.05) is 0 Å². The first-order valence-electron chi connectivity index (χ1n) is 6.57. The maximum atomic E-state index is 11.8. The van der Waals surface area contributed by atoms with Crippen molar-refractivity contribution in [3.05, 3.63) is 0 Å². The lowest BCUT2D eigenvalue weighted by Gasteiger charge is -2.29. The number of morpholine rings is 1. The van der Waals surface area contributed by atoms with Crippen molar-refractivity contribution < 1.29 is 22.7 Å². The van der Waals surface area contributed by atoms with Gasteiger partial charge in [0.25, 0.3) is 0 Å². The second kappa shape index (κ2) is 6.84. The Hall–Kier alpha value is -0.700. The van der Waals surface area contributed by atoms with E-state index in [-0.39, 0.29) is 19.2 Å². The summed E-state index contributed by atoms with van der Waals surface area (Å²) in [5, 5.41) is 3.12. The Labute approximate surface area is 120 Å². The molecular weight excluding hydrogens is 284 g/mol. The van der Waals surface area contributed by atoms with Crippen molar-refractivity contribution in [2.45, 2.75) is 32.5 Å². The van der Waals surface area contributed by atoms with E-state index in [4.69, 9.17) is 9.47 Å². The van der Waals surface area contributed by atoms with E-state index in [1.165, 1.54) is 0 Å². The molecule has 1 aliphatic heterocycles. The molecule has 8 heteroatoms. The van der Waals surface area contributed by atoms with Gasteiger partial charge < -0.3 is 14.8 Å². The minimum absolute atomic E-state index is 0.144. The van der Waals surface area contributed by atoms with Crippen LogP contribution in [-0.4, -0.2) is 69.4 Å². The van der Waals surface area contributed by atoms with Crippen LogP contribution in [0.25, 0.3) is 0 Å².